The number of halogens is 1. The standard InChI is InChI=1S/C20H29FO6Si/c1-4-18(22)25-28(26-19(23)5-2,27-20(24)6-3)15-9-7-8-10-16-11-13-17(21)14-12-16/h11-14H,4-10,15H2,1-3H3. The van der Waals surface area contributed by atoms with Crippen molar-refractivity contribution in [2.24, 2.45) is 0 Å². The molecule has 0 amide bonds. The van der Waals surface area contributed by atoms with Crippen molar-refractivity contribution in [1.82, 2.24) is 0 Å². The maximum atomic E-state index is 12.9. The van der Waals surface area contributed by atoms with Crippen LogP contribution in [0.4, 0.5) is 4.39 Å². The van der Waals surface area contributed by atoms with Crippen LogP contribution in [0.25, 0.3) is 0 Å². The summed E-state index contributed by atoms with van der Waals surface area (Å²) in [5.41, 5.74) is 1.03. The predicted octanol–water partition coefficient (Wildman–Crippen LogP) is 4.34. The van der Waals surface area contributed by atoms with Gasteiger partial charge in [0, 0.05) is 19.3 Å². The highest BCUT2D eigenvalue weighted by Gasteiger charge is 2.52. The summed E-state index contributed by atoms with van der Waals surface area (Å²) in [6.45, 7) is 4.86. The Morgan fingerprint density at radius 1 is 0.786 bits per heavy atom. The van der Waals surface area contributed by atoms with Crippen LogP contribution in [0.1, 0.15) is 64.9 Å². The van der Waals surface area contributed by atoms with Crippen LogP contribution in [0.5, 0.6) is 0 Å². The quantitative estimate of drug-likeness (QED) is 0.375. The highest BCUT2D eigenvalue weighted by molar-refractivity contribution is 6.65. The van der Waals surface area contributed by atoms with E-state index in [4.69, 9.17) is 13.3 Å². The Labute approximate surface area is 166 Å². The number of unbranched alkanes of at least 4 members (excludes halogenated alkanes) is 2. The Balaban J connectivity index is 2.72. The van der Waals surface area contributed by atoms with E-state index in [0.29, 0.717) is 6.42 Å². The molecule has 0 aliphatic rings. The van der Waals surface area contributed by atoms with Gasteiger partial charge in [0.05, 0.1) is 6.04 Å². The maximum Gasteiger partial charge on any atom is 0.705 e. The third-order valence-electron chi connectivity index (χ3n) is 4.04. The Morgan fingerprint density at radius 2 is 1.25 bits per heavy atom. The fourth-order valence-electron chi connectivity index (χ4n) is 2.45. The molecule has 156 valence electrons. The lowest BCUT2D eigenvalue weighted by Crippen LogP contribution is -2.50. The molecule has 6 nitrogen and oxygen atoms in total. The van der Waals surface area contributed by atoms with Crippen molar-refractivity contribution in [3.8, 4) is 0 Å². The molecular formula is C20H29FO6Si. The molecule has 28 heavy (non-hydrogen) atoms. The van der Waals surface area contributed by atoms with E-state index in [1.807, 2.05) is 0 Å². The summed E-state index contributed by atoms with van der Waals surface area (Å²) in [6, 6.07) is 6.52. The van der Waals surface area contributed by atoms with Crippen molar-refractivity contribution in [3.05, 3.63) is 35.6 Å². The van der Waals surface area contributed by atoms with Gasteiger partial charge >= 0.3 is 8.80 Å². The molecule has 0 bridgehead atoms. The molecule has 0 fully saturated rings. The number of carbonyl (C=O) groups excluding carboxylic acids is 3. The van der Waals surface area contributed by atoms with Crippen LogP contribution in [-0.4, -0.2) is 26.7 Å². The van der Waals surface area contributed by atoms with Crippen LogP contribution in [0.2, 0.25) is 6.04 Å². The van der Waals surface area contributed by atoms with Gasteiger partial charge in [-0.2, -0.15) is 0 Å². The molecule has 1 aromatic carbocycles. The van der Waals surface area contributed by atoms with Gasteiger partial charge in [0.2, 0.25) is 0 Å². The molecule has 0 atom stereocenters. The van der Waals surface area contributed by atoms with Gasteiger partial charge < -0.3 is 13.3 Å². The van der Waals surface area contributed by atoms with Crippen LogP contribution in [-0.2, 0) is 34.1 Å². The molecule has 8 heteroatoms. The first-order chi connectivity index (χ1) is 13.3. The lowest BCUT2D eigenvalue weighted by atomic mass is 10.1. The number of benzene rings is 1. The van der Waals surface area contributed by atoms with Gasteiger partial charge in [-0.15, -0.1) is 0 Å². The summed E-state index contributed by atoms with van der Waals surface area (Å²) in [4.78, 5) is 35.6. The predicted molar refractivity (Wildman–Crippen MR) is 104 cm³/mol. The average molecular weight is 413 g/mol. The molecule has 0 radical (unpaired) electrons. The molecule has 1 aromatic rings. The van der Waals surface area contributed by atoms with Gasteiger partial charge in [-0.05, 0) is 37.0 Å². The first-order valence-electron chi connectivity index (χ1n) is 9.74. The second-order valence-corrected chi connectivity index (χ2v) is 8.83. The largest absolute Gasteiger partial charge is 0.705 e. The fourth-order valence-corrected chi connectivity index (χ4v) is 5.04. The Morgan fingerprint density at radius 3 is 1.68 bits per heavy atom. The smallest absolute Gasteiger partial charge is 0.455 e. The number of rotatable bonds is 12. The van der Waals surface area contributed by atoms with Crippen molar-refractivity contribution in [2.45, 2.75) is 71.8 Å². The first kappa shape index (κ1) is 23.8. The second kappa shape index (κ2) is 12.3. The Bertz CT molecular complexity index is 601. The SMILES string of the molecule is CCC(=O)O[Si](CCCCCc1ccc(F)cc1)(OC(=O)CC)OC(=O)CC. The van der Waals surface area contributed by atoms with E-state index in [1.54, 1.807) is 32.9 Å². The lowest BCUT2D eigenvalue weighted by molar-refractivity contribution is -0.150. The van der Waals surface area contributed by atoms with Crippen molar-refractivity contribution in [2.75, 3.05) is 0 Å². The van der Waals surface area contributed by atoms with Crippen LogP contribution in [0, 0.1) is 5.82 Å². The van der Waals surface area contributed by atoms with Gasteiger partial charge in [-0.1, -0.05) is 39.3 Å². The van der Waals surface area contributed by atoms with Crippen molar-refractivity contribution in [3.63, 3.8) is 0 Å². The molecule has 0 aliphatic carbocycles. The van der Waals surface area contributed by atoms with E-state index in [0.717, 1.165) is 24.8 Å². The van der Waals surface area contributed by atoms with E-state index in [-0.39, 0.29) is 31.1 Å². The molecule has 0 unspecified atom stereocenters. The second-order valence-electron chi connectivity index (χ2n) is 6.35. The highest BCUT2D eigenvalue weighted by atomic mass is 28.4. The normalized spacial score (nSPS) is 11.0. The first-order valence-corrected chi connectivity index (χ1v) is 11.7. The van der Waals surface area contributed by atoms with Crippen molar-refractivity contribution in [1.29, 1.82) is 0 Å². The third-order valence-corrected chi connectivity index (χ3v) is 6.62. The van der Waals surface area contributed by atoms with Crippen LogP contribution in [0.15, 0.2) is 24.3 Å². The molecule has 0 saturated carbocycles. The zero-order valence-electron chi connectivity index (χ0n) is 16.8. The summed E-state index contributed by atoms with van der Waals surface area (Å²) in [7, 11) is -3.78. The van der Waals surface area contributed by atoms with Crippen molar-refractivity contribution < 1.29 is 32.1 Å². The molecule has 0 saturated heterocycles. The molecule has 0 aromatic heterocycles. The minimum atomic E-state index is -3.78. The molecule has 0 aliphatic heterocycles. The molecular weight excluding hydrogens is 383 g/mol. The monoisotopic (exact) mass is 412 g/mol. The zero-order chi connectivity index (χ0) is 21.0. The van der Waals surface area contributed by atoms with E-state index in [2.05, 4.69) is 0 Å². The lowest BCUT2D eigenvalue weighted by Gasteiger charge is -2.27. The number of carbonyl (C=O) groups is 3. The molecule has 1 rings (SSSR count). The van der Waals surface area contributed by atoms with Gasteiger partial charge in [0.15, 0.2) is 0 Å². The molecule has 0 N–H and O–H groups in total. The maximum absolute atomic E-state index is 12.9. The van der Waals surface area contributed by atoms with Crippen LogP contribution < -0.4 is 0 Å². The van der Waals surface area contributed by atoms with E-state index in [9.17, 15) is 18.8 Å². The number of aryl methyl sites for hydroxylation is 1. The van der Waals surface area contributed by atoms with Gasteiger partial charge in [0.25, 0.3) is 17.9 Å². The summed E-state index contributed by atoms with van der Waals surface area (Å²) in [5.74, 6) is -1.96. The van der Waals surface area contributed by atoms with E-state index < -0.39 is 26.7 Å². The third kappa shape index (κ3) is 8.64. The fraction of sp³-hybridized carbons (Fsp3) is 0.550. The minimum Gasteiger partial charge on any atom is -0.455 e. The summed E-state index contributed by atoms with van der Waals surface area (Å²) in [5, 5.41) is 0. The van der Waals surface area contributed by atoms with Crippen LogP contribution in [0.3, 0.4) is 0 Å². The summed E-state index contributed by atoms with van der Waals surface area (Å²) in [6.07, 6.45) is 3.18. The van der Waals surface area contributed by atoms with Crippen molar-refractivity contribution >= 4 is 26.7 Å². The number of hydrogen-bond acceptors (Lipinski definition) is 6. The average Bonchev–Trinajstić information content (AvgIpc) is 2.68. The topological polar surface area (TPSA) is 78.9 Å². The minimum absolute atomic E-state index is 0.0899. The van der Waals surface area contributed by atoms with Gasteiger partial charge in [-0.3, -0.25) is 14.4 Å². The summed E-state index contributed by atoms with van der Waals surface area (Å²) < 4.78 is 29.1. The summed E-state index contributed by atoms with van der Waals surface area (Å²) >= 11 is 0. The molecule has 0 heterocycles. The molecule has 0 spiro atoms. The zero-order valence-corrected chi connectivity index (χ0v) is 17.8. The van der Waals surface area contributed by atoms with Gasteiger partial charge in [-0.25, -0.2) is 4.39 Å². The Hall–Kier alpha value is -2.22. The van der Waals surface area contributed by atoms with E-state index in [1.165, 1.54) is 12.1 Å². The van der Waals surface area contributed by atoms with Gasteiger partial charge in [0.1, 0.15) is 5.82 Å². The Kier molecular flexibility index (Phi) is 10.4. The van der Waals surface area contributed by atoms with Crippen LogP contribution >= 0.6 is 0 Å². The number of hydrogen-bond donors (Lipinski definition) is 0. The van der Waals surface area contributed by atoms with E-state index >= 15 is 0 Å². The highest BCUT2D eigenvalue weighted by Crippen LogP contribution is 2.23.